The maximum Gasteiger partial charge on any atom is 0.180 e. The van der Waals surface area contributed by atoms with Crippen molar-refractivity contribution in [3.8, 4) is 34.5 Å². The zero-order chi connectivity index (χ0) is 28.4. The maximum absolute atomic E-state index is 16.0. The fraction of sp³-hybridized carbons (Fsp3) is 0.0811. The normalized spacial score (nSPS) is 15.6. The lowest BCUT2D eigenvalue weighted by molar-refractivity contribution is 0.415. The van der Waals surface area contributed by atoms with E-state index in [1.807, 2.05) is 115 Å². The predicted molar refractivity (Wildman–Crippen MR) is 169 cm³/mol. The average Bonchev–Trinajstić information content (AvgIpc) is 3.12. The van der Waals surface area contributed by atoms with E-state index in [2.05, 4.69) is 24.8 Å². The number of fused-ring (bicyclic) bond motifs is 3. The smallest absolute Gasteiger partial charge is 0.180 e. The highest BCUT2D eigenvalue weighted by molar-refractivity contribution is 7.83. The lowest BCUT2D eigenvalue weighted by Crippen LogP contribution is -2.18. The summed E-state index contributed by atoms with van der Waals surface area (Å²) in [7, 11) is -0.151. The number of aryl methyl sites for hydroxylation is 1. The average molecular weight is 553 g/mol. The molecule has 41 heavy (non-hydrogen) atoms. The minimum absolute atomic E-state index is 0.603. The quantitative estimate of drug-likeness (QED) is 0.168. The van der Waals surface area contributed by atoms with Crippen molar-refractivity contribution >= 4 is 23.3 Å². The molecule has 0 amide bonds. The van der Waals surface area contributed by atoms with Gasteiger partial charge in [0.2, 0.25) is 0 Å². The molecule has 0 fully saturated rings. The van der Waals surface area contributed by atoms with Gasteiger partial charge < -0.3 is 14.0 Å². The van der Waals surface area contributed by atoms with Gasteiger partial charge in [-0.15, -0.1) is 0 Å². The monoisotopic (exact) mass is 552 g/mol. The molecular formula is C37H29O3P. The van der Waals surface area contributed by atoms with Gasteiger partial charge in [-0.25, -0.2) is 0 Å². The van der Waals surface area contributed by atoms with E-state index in [1.165, 1.54) is 0 Å². The minimum atomic E-state index is -3.47. The van der Waals surface area contributed by atoms with E-state index in [0.29, 0.717) is 5.31 Å². The first-order valence-electron chi connectivity index (χ1n) is 13.4. The Morgan fingerprint density at radius 2 is 1.27 bits per heavy atom. The Labute approximate surface area is 241 Å². The number of hydrogen-bond acceptors (Lipinski definition) is 3. The summed E-state index contributed by atoms with van der Waals surface area (Å²) in [5.41, 5.74) is 6.59. The van der Waals surface area contributed by atoms with Crippen LogP contribution in [0.4, 0.5) is 0 Å². The van der Waals surface area contributed by atoms with Crippen LogP contribution < -0.4 is 20.1 Å². The molecule has 0 spiro atoms. The van der Waals surface area contributed by atoms with E-state index in [1.54, 1.807) is 14.2 Å². The summed E-state index contributed by atoms with van der Waals surface area (Å²) in [5.74, 6) is 8.33. The van der Waals surface area contributed by atoms with Gasteiger partial charge in [-0.3, -0.25) is 0 Å². The number of rotatable bonds is 4. The van der Waals surface area contributed by atoms with Crippen LogP contribution in [-0.2, 0) is 4.57 Å². The van der Waals surface area contributed by atoms with Crippen LogP contribution in [0.2, 0.25) is 0 Å². The van der Waals surface area contributed by atoms with E-state index in [9.17, 15) is 0 Å². The summed E-state index contributed by atoms with van der Waals surface area (Å²) in [6.07, 6.45) is 0. The first kappa shape index (κ1) is 26.5. The van der Waals surface area contributed by atoms with E-state index in [-0.39, 0.29) is 0 Å². The highest BCUT2D eigenvalue weighted by atomic mass is 31.2. The van der Waals surface area contributed by atoms with Gasteiger partial charge in [0.05, 0.1) is 19.5 Å². The van der Waals surface area contributed by atoms with Crippen molar-refractivity contribution < 1.29 is 14.0 Å². The molecule has 0 bridgehead atoms. The number of methoxy groups -OCH3 is 2. The van der Waals surface area contributed by atoms with Crippen LogP contribution in [0, 0.1) is 18.8 Å². The summed E-state index contributed by atoms with van der Waals surface area (Å²) >= 11 is 0. The maximum atomic E-state index is 16.0. The van der Waals surface area contributed by atoms with Crippen molar-refractivity contribution in [2.75, 3.05) is 14.2 Å². The molecule has 0 radical (unpaired) electrons. The minimum Gasteiger partial charge on any atom is -0.497 e. The fourth-order valence-corrected chi connectivity index (χ4v) is 8.32. The van der Waals surface area contributed by atoms with Crippen LogP contribution in [0.5, 0.6) is 11.5 Å². The molecule has 1 heterocycles. The molecule has 0 aliphatic carbocycles. The molecule has 200 valence electrons. The van der Waals surface area contributed by atoms with Gasteiger partial charge in [0.25, 0.3) is 0 Å². The fourth-order valence-electron chi connectivity index (χ4n) is 5.34. The summed E-state index contributed by atoms with van der Waals surface area (Å²) < 4.78 is 27.1. The van der Waals surface area contributed by atoms with Gasteiger partial charge in [-0.1, -0.05) is 102 Å². The van der Waals surface area contributed by atoms with Gasteiger partial charge in [0, 0.05) is 21.7 Å². The molecular weight excluding hydrogens is 523 g/mol. The van der Waals surface area contributed by atoms with Gasteiger partial charge in [0.1, 0.15) is 11.5 Å². The summed E-state index contributed by atoms with van der Waals surface area (Å²) in [5, 5.41) is 2.11. The zero-order valence-electron chi connectivity index (χ0n) is 23.2. The Morgan fingerprint density at radius 3 is 1.98 bits per heavy atom. The van der Waals surface area contributed by atoms with Crippen LogP contribution in [0.3, 0.4) is 0 Å². The van der Waals surface area contributed by atoms with E-state index >= 15 is 4.57 Å². The third kappa shape index (κ3) is 4.78. The molecule has 6 rings (SSSR count). The Balaban J connectivity index is 1.79. The molecule has 5 aromatic rings. The Kier molecular flexibility index (Phi) is 7.10. The lowest BCUT2D eigenvalue weighted by Gasteiger charge is -2.22. The first-order chi connectivity index (χ1) is 20.0. The SMILES string of the molecule is COc1ccc(C2=C(C#Cc3ccc(C)cc3)P(=O)(c3ccccc3)c3ccccc3-c3cc(OC)ccc32)cc1. The first-order valence-corrected chi connectivity index (χ1v) is 15.2. The molecule has 0 aromatic heterocycles. The lowest BCUT2D eigenvalue weighted by atomic mass is 9.90. The van der Waals surface area contributed by atoms with Crippen molar-refractivity contribution in [1.29, 1.82) is 0 Å². The van der Waals surface area contributed by atoms with Crippen molar-refractivity contribution in [3.63, 3.8) is 0 Å². The van der Waals surface area contributed by atoms with E-state index in [4.69, 9.17) is 9.47 Å². The van der Waals surface area contributed by atoms with Crippen molar-refractivity contribution in [2.45, 2.75) is 6.92 Å². The van der Waals surface area contributed by atoms with Gasteiger partial charge in [-0.05, 0) is 65.6 Å². The number of allylic oxidation sites excluding steroid dienone is 1. The summed E-state index contributed by atoms with van der Waals surface area (Å²) in [6, 6.07) is 39.8. The second kappa shape index (κ2) is 11.0. The van der Waals surface area contributed by atoms with Crippen LogP contribution in [-0.4, -0.2) is 14.2 Å². The van der Waals surface area contributed by atoms with Crippen molar-refractivity contribution in [2.24, 2.45) is 0 Å². The Bertz CT molecular complexity index is 1870. The third-order valence-corrected chi connectivity index (χ3v) is 10.5. The predicted octanol–water partition coefficient (Wildman–Crippen LogP) is 7.82. The molecule has 4 heteroatoms. The molecule has 0 saturated carbocycles. The van der Waals surface area contributed by atoms with E-state index in [0.717, 1.165) is 61.1 Å². The van der Waals surface area contributed by atoms with Crippen molar-refractivity contribution in [3.05, 3.63) is 149 Å². The summed E-state index contributed by atoms with van der Waals surface area (Å²) in [4.78, 5) is 0. The number of benzene rings is 5. The number of ether oxygens (including phenoxy) is 2. The van der Waals surface area contributed by atoms with Gasteiger partial charge in [0.15, 0.2) is 7.14 Å². The second-order valence-electron chi connectivity index (χ2n) is 9.94. The van der Waals surface area contributed by atoms with Crippen LogP contribution in [0.25, 0.3) is 16.7 Å². The molecule has 3 nitrogen and oxygen atoms in total. The molecule has 0 N–H and O–H groups in total. The summed E-state index contributed by atoms with van der Waals surface area (Å²) in [6.45, 7) is 2.05. The van der Waals surface area contributed by atoms with E-state index < -0.39 is 7.14 Å². The van der Waals surface area contributed by atoms with Crippen LogP contribution in [0.1, 0.15) is 22.3 Å². The third-order valence-electron chi connectivity index (χ3n) is 7.46. The Hall–Kier alpha value is -4.77. The molecule has 1 aliphatic heterocycles. The molecule has 1 unspecified atom stereocenters. The standard InChI is InChI=1S/C37H29O3P/c1-26-13-15-27(16-14-26)17-24-36-37(28-18-20-29(39-2)21-19-28)33-23-22-30(40-3)25-34(33)32-11-7-8-12-35(32)41(36,38)31-9-5-4-6-10-31/h4-16,18-23,25H,1-3H3. The van der Waals surface area contributed by atoms with Gasteiger partial charge in [-0.2, -0.15) is 0 Å². The second-order valence-corrected chi connectivity index (χ2v) is 12.6. The molecule has 5 aromatic carbocycles. The molecule has 1 atom stereocenters. The zero-order valence-corrected chi connectivity index (χ0v) is 24.1. The van der Waals surface area contributed by atoms with Crippen LogP contribution in [0.15, 0.2) is 127 Å². The molecule has 0 saturated heterocycles. The number of hydrogen-bond donors (Lipinski definition) is 0. The van der Waals surface area contributed by atoms with Crippen LogP contribution >= 0.6 is 7.14 Å². The molecule has 1 aliphatic rings. The topological polar surface area (TPSA) is 35.5 Å². The largest absolute Gasteiger partial charge is 0.497 e. The van der Waals surface area contributed by atoms with Gasteiger partial charge >= 0.3 is 0 Å². The highest BCUT2D eigenvalue weighted by Crippen LogP contribution is 2.59. The van der Waals surface area contributed by atoms with Crippen molar-refractivity contribution in [1.82, 2.24) is 0 Å². The Morgan fingerprint density at radius 1 is 0.610 bits per heavy atom. The highest BCUT2D eigenvalue weighted by Gasteiger charge is 2.39.